The number of carbonyl (C=O) groups excluding carboxylic acids is 1. The highest BCUT2D eigenvalue weighted by molar-refractivity contribution is 6.32. The van der Waals surface area contributed by atoms with Gasteiger partial charge in [0, 0.05) is 12.6 Å². The molecule has 0 bridgehead atoms. The fourth-order valence-corrected chi connectivity index (χ4v) is 1.83. The molecule has 1 heterocycles. The molecule has 0 N–H and O–H groups in total. The Bertz CT molecular complexity index is 546. The van der Waals surface area contributed by atoms with E-state index in [9.17, 15) is 4.79 Å². The molecule has 82 valence electrons. The van der Waals surface area contributed by atoms with Gasteiger partial charge in [0.15, 0.2) is 6.29 Å². The molecule has 16 heavy (non-hydrogen) atoms. The fourth-order valence-electron chi connectivity index (χ4n) is 1.66. The quantitative estimate of drug-likeness (QED) is 0.749. The van der Waals surface area contributed by atoms with E-state index >= 15 is 0 Å². The average Bonchev–Trinajstić information content (AvgIpc) is 2.56. The van der Waals surface area contributed by atoms with Crippen LogP contribution in [0.15, 0.2) is 24.3 Å². The summed E-state index contributed by atoms with van der Waals surface area (Å²) in [6, 6.07) is 7.77. The van der Waals surface area contributed by atoms with Crippen molar-refractivity contribution >= 4 is 17.9 Å². The largest absolute Gasteiger partial charge is 0.298 e. The molecule has 0 aliphatic heterocycles. The second-order valence-electron chi connectivity index (χ2n) is 3.61. The van der Waals surface area contributed by atoms with Gasteiger partial charge in [0.25, 0.3) is 0 Å². The summed E-state index contributed by atoms with van der Waals surface area (Å²) in [5.74, 6) is 0. The summed E-state index contributed by atoms with van der Waals surface area (Å²) in [5.41, 5.74) is 3.09. The van der Waals surface area contributed by atoms with Crippen LogP contribution in [0.25, 0.3) is 11.3 Å². The van der Waals surface area contributed by atoms with Gasteiger partial charge in [-0.1, -0.05) is 35.9 Å². The Morgan fingerprint density at radius 1 is 1.38 bits per heavy atom. The first-order valence-corrected chi connectivity index (χ1v) is 5.26. The first-order valence-electron chi connectivity index (χ1n) is 4.89. The van der Waals surface area contributed by atoms with Crippen molar-refractivity contribution in [3.63, 3.8) is 0 Å². The molecule has 2 rings (SSSR count). The van der Waals surface area contributed by atoms with E-state index in [1.165, 1.54) is 4.68 Å². The molecule has 0 atom stereocenters. The molecule has 3 nitrogen and oxygen atoms in total. The van der Waals surface area contributed by atoms with Crippen LogP contribution in [0.5, 0.6) is 0 Å². The van der Waals surface area contributed by atoms with Gasteiger partial charge in [-0.05, 0) is 12.5 Å². The van der Waals surface area contributed by atoms with Gasteiger partial charge in [0.2, 0.25) is 0 Å². The maximum Gasteiger partial charge on any atom is 0.155 e. The van der Waals surface area contributed by atoms with Gasteiger partial charge in [-0.15, -0.1) is 0 Å². The van der Waals surface area contributed by atoms with Crippen molar-refractivity contribution in [1.29, 1.82) is 0 Å². The van der Waals surface area contributed by atoms with Crippen LogP contribution in [0, 0.1) is 6.92 Å². The van der Waals surface area contributed by atoms with Crippen LogP contribution in [0.4, 0.5) is 0 Å². The van der Waals surface area contributed by atoms with Crippen LogP contribution in [0.3, 0.4) is 0 Å². The number of aldehydes is 1. The van der Waals surface area contributed by atoms with Crippen molar-refractivity contribution in [2.24, 2.45) is 7.05 Å². The lowest BCUT2D eigenvalue weighted by atomic mass is 10.0. The zero-order valence-corrected chi connectivity index (χ0v) is 9.82. The number of aryl methyl sites for hydroxylation is 2. The maximum atomic E-state index is 11.0. The number of hydrogen-bond acceptors (Lipinski definition) is 2. The van der Waals surface area contributed by atoms with E-state index in [0.29, 0.717) is 16.4 Å². The summed E-state index contributed by atoms with van der Waals surface area (Å²) in [5, 5.41) is 4.63. The Balaban J connectivity index is 2.69. The lowest BCUT2D eigenvalue weighted by molar-refractivity contribution is 0.112. The van der Waals surface area contributed by atoms with Gasteiger partial charge < -0.3 is 0 Å². The normalized spacial score (nSPS) is 10.4. The van der Waals surface area contributed by atoms with Crippen molar-refractivity contribution in [1.82, 2.24) is 9.78 Å². The van der Waals surface area contributed by atoms with E-state index in [2.05, 4.69) is 5.10 Å². The van der Waals surface area contributed by atoms with Gasteiger partial charge in [-0.3, -0.25) is 9.48 Å². The third kappa shape index (κ3) is 1.63. The number of carbonyl (C=O) groups is 1. The summed E-state index contributed by atoms with van der Waals surface area (Å²) in [4.78, 5) is 11.0. The van der Waals surface area contributed by atoms with E-state index in [1.54, 1.807) is 7.05 Å². The minimum Gasteiger partial charge on any atom is -0.298 e. The standard InChI is InChI=1S/C12H11ClN2O/c1-8-5-3-4-6-9(8)11-10(7-16)12(13)15(2)14-11/h3-7H,1-2H3. The Morgan fingerprint density at radius 2 is 2.06 bits per heavy atom. The summed E-state index contributed by atoms with van der Waals surface area (Å²) in [7, 11) is 1.72. The zero-order valence-electron chi connectivity index (χ0n) is 9.07. The second-order valence-corrected chi connectivity index (χ2v) is 3.97. The molecule has 0 aliphatic carbocycles. The Labute approximate surface area is 98.7 Å². The van der Waals surface area contributed by atoms with Crippen LogP contribution >= 0.6 is 11.6 Å². The maximum absolute atomic E-state index is 11.0. The topological polar surface area (TPSA) is 34.9 Å². The summed E-state index contributed by atoms with van der Waals surface area (Å²) < 4.78 is 1.51. The predicted molar refractivity (Wildman–Crippen MR) is 63.8 cm³/mol. The van der Waals surface area contributed by atoms with E-state index in [4.69, 9.17) is 11.6 Å². The molecule has 0 unspecified atom stereocenters. The van der Waals surface area contributed by atoms with Crippen molar-refractivity contribution in [3.8, 4) is 11.3 Å². The molecule has 0 saturated heterocycles. The number of halogens is 1. The van der Waals surface area contributed by atoms with Gasteiger partial charge in [0.05, 0.1) is 5.56 Å². The molecular formula is C12H11ClN2O. The Morgan fingerprint density at radius 3 is 2.69 bits per heavy atom. The molecule has 0 amide bonds. The molecular weight excluding hydrogens is 224 g/mol. The first-order chi connectivity index (χ1) is 7.65. The van der Waals surface area contributed by atoms with E-state index in [-0.39, 0.29) is 0 Å². The molecule has 1 aromatic carbocycles. The van der Waals surface area contributed by atoms with Crippen molar-refractivity contribution in [3.05, 3.63) is 40.5 Å². The van der Waals surface area contributed by atoms with E-state index in [1.807, 2.05) is 31.2 Å². The molecule has 0 fully saturated rings. The van der Waals surface area contributed by atoms with Gasteiger partial charge in [-0.2, -0.15) is 5.10 Å². The smallest absolute Gasteiger partial charge is 0.155 e. The number of rotatable bonds is 2. The third-order valence-corrected chi connectivity index (χ3v) is 2.98. The molecule has 0 spiro atoms. The summed E-state index contributed by atoms with van der Waals surface area (Å²) in [6.07, 6.45) is 0.747. The lowest BCUT2D eigenvalue weighted by Crippen LogP contribution is -1.90. The second kappa shape index (κ2) is 4.10. The van der Waals surface area contributed by atoms with Gasteiger partial charge >= 0.3 is 0 Å². The minimum absolute atomic E-state index is 0.369. The van der Waals surface area contributed by atoms with Crippen LogP contribution in [-0.4, -0.2) is 16.1 Å². The SMILES string of the molecule is Cc1ccccc1-c1nn(C)c(Cl)c1C=O. The minimum atomic E-state index is 0.369. The lowest BCUT2D eigenvalue weighted by Gasteiger charge is -2.01. The van der Waals surface area contributed by atoms with Crippen molar-refractivity contribution in [2.75, 3.05) is 0 Å². The highest BCUT2D eigenvalue weighted by Gasteiger charge is 2.16. The number of benzene rings is 1. The summed E-state index contributed by atoms with van der Waals surface area (Å²) in [6.45, 7) is 1.98. The number of hydrogen-bond donors (Lipinski definition) is 0. The zero-order chi connectivity index (χ0) is 11.7. The highest BCUT2D eigenvalue weighted by Crippen LogP contribution is 2.28. The number of aromatic nitrogens is 2. The first kappa shape index (κ1) is 10.9. The third-order valence-electron chi connectivity index (χ3n) is 2.53. The van der Waals surface area contributed by atoms with Gasteiger partial charge in [-0.25, -0.2) is 0 Å². The molecule has 2 aromatic rings. The molecule has 4 heteroatoms. The van der Waals surface area contributed by atoms with Crippen molar-refractivity contribution < 1.29 is 4.79 Å². The van der Waals surface area contributed by atoms with Crippen LogP contribution < -0.4 is 0 Å². The average molecular weight is 235 g/mol. The van der Waals surface area contributed by atoms with Gasteiger partial charge in [0.1, 0.15) is 10.8 Å². The predicted octanol–water partition coefficient (Wildman–Crippen LogP) is 2.86. The van der Waals surface area contributed by atoms with Crippen LogP contribution in [-0.2, 0) is 7.05 Å². The van der Waals surface area contributed by atoms with Crippen LogP contribution in [0.1, 0.15) is 15.9 Å². The fraction of sp³-hybridized carbons (Fsp3) is 0.167. The Kier molecular flexibility index (Phi) is 2.79. The van der Waals surface area contributed by atoms with E-state index in [0.717, 1.165) is 17.4 Å². The molecule has 0 aliphatic rings. The summed E-state index contributed by atoms with van der Waals surface area (Å²) >= 11 is 5.99. The van der Waals surface area contributed by atoms with E-state index < -0.39 is 0 Å². The molecule has 0 saturated carbocycles. The highest BCUT2D eigenvalue weighted by atomic mass is 35.5. The molecule has 0 radical (unpaired) electrons. The number of nitrogens with zero attached hydrogens (tertiary/aromatic N) is 2. The monoisotopic (exact) mass is 234 g/mol. The Hall–Kier alpha value is -1.61. The van der Waals surface area contributed by atoms with Crippen LogP contribution in [0.2, 0.25) is 5.15 Å². The molecule has 1 aromatic heterocycles. The van der Waals surface area contributed by atoms with Crippen molar-refractivity contribution in [2.45, 2.75) is 6.92 Å².